The molecule has 0 aliphatic carbocycles. The summed E-state index contributed by atoms with van der Waals surface area (Å²) >= 11 is 6.37. The molecule has 0 unspecified atom stereocenters. The monoisotopic (exact) mass is 449 g/mol. The lowest BCUT2D eigenvalue weighted by Crippen LogP contribution is -2.44. The number of hydrogen-bond acceptors (Lipinski definition) is 6. The van der Waals surface area contributed by atoms with Gasteiger partial charge in [0.2, 0.25) is 0 Å². The molecule has 170 valence electrons. The first-order valence-electron chi connectivity index (χ1n) is 10.6. The minimum absolute atomic E-state index is 0.452. The molecule has 1 aromatic heterocycles. The van der Waals surface area contributed by atoms with E-state index < -0.39 is 0 Å². The number of morpholine rings is 1. The van der Waals surface area contributed by atoms with Crippen molar-refractivity contribution in [3.05, 3.63) is 40.4 Å². The van der Waals surface area contributed by atoms with E-state index in [1.54, 1.807) is 7.11 Å². The molecule has 1 fully saturated rings. The van der Waals surface area contributed by atoms with Gasteiger partial charge in [0.25, 0.3) is 0 Å². The molecule has 0 radical (unpaired) electrons. The summed E-state index contributed by atoms with van der Waals surface area (Å²) in [5.41, 5.74) is 1.06. The quantitative estimate of drug-likeness (QED) is 0.441. The Labute approximate surface area is 188 Å². The Morgan fingerprint density at radius 3 is 2.68 bits per heavy atom. The Balaban J connectivity index is 1.56. The first kappa shape index (κ1) is 23.3. The summed E-state index contributed by atoms with van der Waals surface area (Å²) in [4.78, 5) is 7.09. The van der Waals surface area contributed by atoms with Gasteiger partial charge >= 0.3 is 0 Å². The molecular formula is C21H32ClN7O2. The lowest BCUT2D eigenvalue weighted by atomic mass is 10.1. The van der Waals surface area contributed by atoms with Gasteiger partial charge in [0.1, 0.15) is 18.1 Å². The van der Waals surface area contributed by atoms with E-state index in [4.69, 9.17) is 26.1 Å². The van der Waals surface area contributed by atoms with Gasteiger partial charge in [0.15, 0.2) is 11.8 Å². The molecule has 1 aliphatic rings. The summed E-state index contributed by atoms with van der Waals surface area (Å²) in [6.07, 6.45) is 0.774. The van der Waals surface area contributed by atoms with Crippen LogP contribution in [0.3, 0.4) is 0 Å². The van der Waals surface area contributed by atoms with Crippen LogP contribution in [-0.4, -0.2) is 78.7 Å². The normalized spacial score (nSPS) is 15.2. The van der Waals surface area contributed by atoms with E-state index >= 15 is 0 Å². The molecule has 0 bridgehead atoms. The minimum atomic E-state index is 0.452. The standard InChI is InChI=1S/C21H32ClN7O2/c1-16-26-27-20(28(16)2)15-25-21(24-8-9-29-10-12-31-13-11-29)23-7-6-17-4-5-18(30-3)14-19(17)22/h4-5,14H,6-13,15H2,1-3H3,(H2,23,24,25). The second-order valence-corrected chi connectivity index (χ2v) is 7.81. The molecule has 0 atom stereocenters. The average Bonchev–Trinajstić information content (AvgIpc) is 3.11. The van der Waals surface area contributed by atoms with Crippen molar-refractivity contribution in [2.24, 2.45) is 12.0 Å². The highest BCUT2D eigenvalue weighted by molar-refractivity contribution is 6.31. The van der Waals surface area contributed by atoms with Gasteiger partial charge in [-0.15, -0.1) is 10.2 Å². The Morgan fingerprint density at radius 1 is 1.23 bits per heavy atom. The molecule has 31 heavy (non-hydrogen) atoms. The SMILES string of the molecule is COc1ccc(CCNC(=NCc2nnc(C)n2C)NCCN2CCOCC2)c(Cl)c1. The fourth-order valence-corrected chi connectivity index (χ4v) is 3.51. The van der Waals surface area contributed by atoms with Gasteiger partial charge < -0.3 is 24.7 Å². The van der Waals surface area contributed by atoms with Crippen molar-refractivity contribution in [1.82, 2.24) is 30.3 Å². The number of halogens is 1. The zero-order valence-corrected chi connectivity index (χ0v) is 19.3. The topological polar surface area (TPSA) is 88.8 Å². The summed E-state index contributed by atoms with van der Waals surface area (Å²) in [6, 6.07) is 5.75. The number of aromatic nitrogens is 3. The molecule has 9 nitrogen and oxygen atoms in total. The third-order valence-corrected chi connectivity index (χ3v) is 5.68. The number of guanidine groups is 1. The van der Waals surface area contributed by atoms with Crippen molar-refractivity contribution < 1.29 is 9.47 Å². The first-order chi connectivity index (χ1) is 15.1. The summed E-state index contributed by atoms with van der Waals surface area (Å²) in [5.74, 6) is 3.20. The number of rotatable bonds is 9. The van der Waals surface area contributed by atoms with E-state index in [-0.39, 0.29) is 0 Å². The third kappa shape index (κ3) is 7.09. The van der Waals surface area contributed by atoms with Crippen molar-refractivity contribution in [2.75, 3.05) is 53.0 Å². The predicted molar refractivity (Wildman–Crippen MR) is 122 cm³/mol. The van der Waals surface area contributed by atoms with Crippen LogP contribution in [0.4, 0.5) is 0 Å². The maximum atomic E-state index is 6.37. The molecule has 0 amide bonds. The molecule has 1 saturated heterocycles. The highest BCUT2D eigenvalue weighted by Gasteiger charge is 2.11. The fraction of sp³-hybridized carbons (Fsp3) is 0.571. The third-order valence-electron chi connectivity index (χ3n) is 5.33. The number of nitrogens with zero attached hydrogens (tertiary/aromatic N) is 5. The maximum Gasteiger partial charge on any atom is 0.191 e. The molecule has 2 aromatic rings. The minimum Gasteiger partial charge on any atom is -0.497 e. The molecule has 1 aromatic carbocycles. The molecule has 1 aliphatic heterocycles. The Hall–Kier alpha value is -2.36. The summed E-state index contributed by atoms with van der Waals surface area (Å²) in [7, 11) is 3.58. The predicted octanol–water partition coefficient (Wildman–Crippen LogP) is 1.40. The lowest BCUT2D eigenvalue weighted by Gasteiger charge is -2.26. The molecule has 10 heteroatoms. The zero-order chi connectivity index (χ0) is 22.1. The van der Waals surface area contributed by atoms with Crippen LogP contribution < -0.4 is 15.4 Å². The number of benzene rings is 1. The smallest absolute Gasteiger partial charge is 0.191 e. The highest BCUT2D eigenvalue weighted by atomic mass is 35.5. The van der Waals surface area contributed by atoms with Gasteiger partial charge in [-0.25, -0.2) is 4.99 Å². The van der Waals surface area contributed by atoms with Crippen LogP contribution in [0.1, 0.15) is 17.2 Å². The number of nitrogens with one attached hydrogen (secondary N) is 2. The van der Waals surface area contributed by atoms with E-state index in [0.717, 1.165) is 74.7 Å². The highest BCUT2D eigenvalue weighted by Crippen LogP contribution is 2.22. The lowest BCUT2D eigenvalue weighted by molar-refractivity contribution is 0.0389. The van der Waals surface area contributed by atoms with Crippen molar-refractivity contribution in [3.63, 3.8) is 0 Å². The van der Waals surface area contributed by atoms with Gasteiger partial charge in [-0.05, 0) is 31.0 Å². The summed E-state index contributed by atoms with van der Waals surface area (Å²) < 4.78 is 12.6. The maximum absolute atomic E-state index is 6.37. The van der Waals surface area contributed by atoms with Gasteiger partial charge in [-0.2, -0.15) is 0 Å². The fourth-order valence-electron chi connectivity index (χ4n) is 3.24. The van der Waals surface area contributed by atoms with Crippen molar-refractivity contribution in [3.8, 4) is 5.75 Å². The molecule has 0 saturated carbocycles. The molecular weight excluding hydrogens is 418 g/mol. The van der Waals surface area contributed by atoms with E-state index in [1.807, 2.05) is 36.7 Å². The second kappa shape index (κ2) is 11.9. The Morgan fingerprint density at radius 2 is 2.00 bits per heavy atom. The van der Waals surface area contributed by atoms with Crippen molar-refractivity contribution >= 4 is 17.6 Å². The van der Waals surface area contributed by atoms with Crippen LogP contribution in [0, 0.1) is 6.92 Å². The Bertz CT molecular complexity index is 865. The van der Waals surface area contributed by atoms with Gasteiger partial charge in [0.05, 0.1) is 20.3 Å². The van der Waals surface area contributed by atoms with E-state index in [9.17, 15) is 0 Å². The van der Waals surface area contributed by atoms with Crippen LogP contribution in [0.5, 0.6) is 5.75 Å². The van der Waals surface area contributed by atoms with Crippen LogP contribution in [-0.2, 0) is 24.8 Å². The zero-order valence-electron chi connectivity index (χ0n) is 18.5. The number of ether oxygens (including phenoxy) is 2. The molecule has 0 spiro atoms. The largest absolute Gasteiger partial charge is 0.497 e. The van der Waals surface area contributed by atoms with Gasteiger partial charge in [0, 0.05) is 44.8 Å². The van der Waals surface area contributed by atoms with E-state index in [0.29, 0.717) is 18.1 Å². The molecule has 2 N–H and O–H groups in total. The van der Waals surface area contributed by atoms with Crippen LogP contribution in [0.25, 0.3) is 0 Å². The van der Waals surface area contributed by atoms with Crippen molar-refractivity contribution in [2.45, 2.75) is 19.9 Å². The van der Waals surface area contributed by atoms with Crippen molar-refractivity contribution in [1.29, 1.82) is 0 Å². The average molecular weight is 450 g/mol. The summed E-state index contributed by atoms with van der Waals surface area (Å²) in [6.45, 7) is 8.36. The van der Waals surface area contributed by atoms with Gasteiger partial charge in [-0.1, -0.05) is 17.7 Å². The number of methoxy groups -OCH3 is 1. The summed E-state index contributed by atoms with van der Waals surface area (Å²) in [5, 5.41) is 15.8. The first-order valence-corrected chi connectivity index (χ1v) is 10.9. The van der Waals surface area contributed by atoms with E-state index in [1.165, 1.54) is 0 Å². The Kier molecular flexibility index (Phi) is 8.93. The second-order valence-electron chi connectivity index (χ2n) is 7.40. The number of aryl methyl sites for hydroxylation is 1. The van der Waals surface area contributed by atoms with Gasteiger partial charge in [-0.3, -0.25) is 4.90 Å². The number of aliphatic imine (C=N–C) groups is 1. The van der Waals surface area contributed by atoms with Crippen LogP contribution >= 0.6 is 11.6 Å². The van der Waals surface area contributed by atoms with E-state index in [2.05, 4.69) is 25.7 Å². The van der Waals surface area contributed by atoms with Crippen LogP contribution in [0.2, 0.25) is 5.02 Å². The van der Waals surface area contributed by atoms with Crippen LogP contribution in [0.15, 0.2) is 23.2 Å². The number of hydrogen-bond donors (Lipinski definition) is 2. The molecule has 2 heterocycles. The molecule has 3 rings (SSSR count).